The lowest BCUT2D eigenvalue weighted by Crippen LogP contribution is -2.44. The second-order valence-corrected chi connectivity index (χ2v) is 9.18. The number of ether oxygens (including phenoxy) is 1. The van der Waals surface area contributed by atoms with Gasteiger partial charge in [0, 0.05) is 50.4 Å². The summed E-state index contributed by atoms with van der Waals surface area (Å²) < 4.78 is 5.31. The van der Waals surface area contributed by atoms with Crippen molar-refractivity contribution < 1.29 is 4.74 Å². The lowest BCUT2D eigenvalue weighted by atomic mass is 10.1. The van der Waals surface area contributed by atoms with E-state index in [1.54, 1.807) is 25.4 Å². The lowest BCUT2D eigenvalue weighted by Gasteiger charge is -2.32. The zero-order chi connectivity index (χ0) is 24.1. The first-order chi connectivity index (χ1) is 16.5. The highest BCUT2D eigenvalue weighted by Crippen LogP contribution is 2.37. The summed E-state index contributed by atoms with van der Waals surface area (Å²) in [6.45, 7) is 5.60. The molecule has 4 rings (SSSR count). The standard InChI is InChI=1S/C26H27Cl2N5O/c1-32-9-11-33(12-10-32)8-4-3-5-18-6-7-20-23(13-18)30-17-19(16-29)26(20)31-24-15-25(34-2)22(28)14-21(24)27/h3,5-7,13-15,17H,4,8-12H2,1-2H3,(H,30,31)/b5-3+. The largest absolute Gasteiger partial charge is 0.495 e. The molecule has 0 bridgehead atoms. The smallest absolute Gasteiger partial charge is 0.139 e. The lowest BCUT2D eigenvalue weighted by molar-refractivity contribution is 0.156. The third-order valence-electron chi connectivity index (χ3n) is 6.03. The van der Waals surface area contributed by atoms with Crippen molar-refractivity contribution in [2.24, 2.45) is 0 Å². The van der Waals surface area contributed by atoms with Crippen molar-refractivity contribution in [1.82, 2.24) is 14.8 Å². The Morgan fingerprint density at radius 3 is 2.68 bits per heavy atom. The Balaban J connectivity index is 1.54. The SMILES string of the molecule is COc1cc(Nc2c(C#N)cnc3cc(/C=C/CCN4CCN(C)CC4)ccc23)c(Cl)cc1Cl. The highest BCUT2D eigenvalue weighted by atomic mass is 35.5. The number of nitrogens with one attached hydrogen (secondary N) is 1. The zero-order valence-corrected chi connectivity index (χ0v) is 20.8. The summed E-state index contributed by atoms with van der Waals surface area (Å²) in [6, 6.07) is 11.6. The van der Waals surface area contributed by atoms with Gasteiger partial charge in [0.1, 0.15) is 11.8 Å². The number of benzene rings is 2. The van der Waals surface area contributed by atoms with Gasteiger partial charge in [-0.2, -0.15) is 5.26 Å². The molecule has 1 aliphatic heterocycles. The van der Waals surface area contributed by atoms with Crippen LogP contribution in [0.5, 0.6) is 5.75 Å². The molecule has 0 unspecified atom stereocenters. The predicted molar refractivity (Wildman–Crippen MR) is 140 cm³/mol. The number of hydrogen-bond donors (Lipinski definition) is 1. The third kappa shape index (κ3) is 5.63. The van der Waals surface area contributed by atoms with Crippen molar-refractivity contribution in [3.63, 3.8) is 0 Å². The van der Waals surface area contributed by atoms with Gasteiger partial charge in [0.2, 0.25) is 0 Å². The van der Waals surface area contributed by atoms with Crippen LogP contribution in [0, 0.1) is 11.3 Å². The van der Waals surface area contributed by atoms with Crippen LogP contribution in [-0.2, 0) is 0 Å². The third-order valence-corrected chi connectivity index (χ3v) is 6.64. The number of rotatable bonds is 7. The van der Waals surface area contributed by atoms with Gasteiger partial charge in [-0.3, -0.25) is 4.98 Å². The molecule has 0 atom stereocenters. The van der Waals surface area contributed by atoms with Gasteiger partial charge in [0.25, 0.3) is 0 Å². The number of hydrogen-bond acceptors (Lipinski definition) is 6. The van der Waals surface area contributed by atoms with Crippen LogP contribution in [0.15, 0.2) is 42.6 Å². The summed E-state index contributed by atoms with van der Waals surface area (Å²) in [6.07, 6.45) is 6.92. The van der Waals surface area contributed by atoms with Gasteiger partial charge in [-0.1, -0.05) is 47.5 Å². The first kappa shape index (κ1) is 24.3. The monoisotopic (exact) mass is 495 g/mol. The maximum Gasteiger partial charge on any atom is 0.139 e. The first-order valence-corrected chi connectivity index (χ1v) is 11.9. The van der Waals surface area contributed by atoms with Gasteiger partial charge in [-0.25, -0.2) is 0 Å². The van der Waals surface area contributed by atoms with Crippen LogP contribution in [0.4, 0.5) is 11.4 Å². The molecule has 1 N–H and O–H groups in total. The summed E-state index contributed by atoms with van der Waals surface area (Å²) in [5, 5.41) is 14.6. The van der Waals surface area contributed by atoms with Gasteiger partial charge in [-0.15, -0.1) is 0 Å². The highest BCUT2D eigenvalue weighted by molar-refractivity contribution is 6.37. The van der Waals surface area contributed by atoms with Crippen LogP contribution in [0.25, 0.3) is 17.0 Å². The summed E-state index contributed by atoms with van der Waals surface area (Å²) in [5.74, 6) is 0.495. The molecule has 8 heteroatoms. The summed E-state index contributed by atoms with van der Waals surface area (Å²) in [5.41, 5.74) is 3.53. The molecule has 1 aliphatic rings. The van der Waals surface area contributed by atoms with E-state index in [0.717, 1.165) is 55.6 Å². The molecule has 6 nitrogen and oxygen atoms in total. The molecule has 34 heavy (non-hydrogen) atoms. The molecule has 2 heterocycles. The van der Waals surface area contributed by atoms with E-state index in [0.29, 0.717) is 32.7 Å². The molecule has 1 saturated heterocycles. The first-order valence-electron chi connectivity index (χ1n) is 11.2. The number of aromatic nitrogens is 1. The van der Waals surface area contributed by atoms with Crippen LogP contribution in [0.3, 0.4) is 0 Å². The maximum atomic E-state index is 9.66. The van der Waals surface area contributed by atoms with E-state index in [1.807, 2.05) is 18.2 Å². The van der Waals surface area contributed by atoms with Crippen LogP contribution in [0.2, 0.25) is 10.0 Å². The average Bonchev–Trinajstić information content (AvgIpc) is 2.84. The number of piperazine rings is 1. The fourth-order valence-corrected chi connectivity index (χ4v) is 4.51. The van der Waals surface area contributed by atoms with Gasteiger partial charge < -0.3 is 19.9 Å². The molecule has 2 aromatic carbocycles. The summed E-state index contributed by atoms with van der Waals surface area (Å²) in [7, 11) is 3.72. The second-order valence-electron chi connectivity index (χ2n) is 8.36. The van der Waals surface area contributed by atoms with Crippen molar-refractivity contribution in [2.45, 2.75) is 6.42 Å². The quantitative estimate of drug-likeness (QED) is 0.445. The van der Waals surface area contributed by atoms with Crippen molar-refractivity contribution in [3.8, 4) is 11.8 Å². The van der Waals surface area contributed by atoms with E-state index in [9.17, 15) is 5.26 Å². The second kappa shape index (κ2) is 11.1. The number of nitrogens with zero attached hydrogens (tertiary/aromatic N) is 4. The van der Waals surface area contributed by atoms with E-state index in [2.05, 4.69) is 45.4 Å². The highest BCUT2D eigenvalue weighted by Gasteiger charge is 2.14. The number of anilines is 2. The Labute approximate surface area is 210 Å². The van der Waals surface area contributed by atoms with E-state index in [1.165, 1.54) is 0 Å². The molecule has 176 valence electrons. The zero-order valence-electron chi connectivity index (χ0n) is 19.3. The minimum Gasteiger partial charge on any atom is -0.495 e. The fraction of sp³-hybridized carbons (Fsp3) is 0.308. The Hall–Kier alpha value is -2.82. The molecule has 1 aromatic heterocycles. The summed E-state index contributed by atoms with van der Waals surface area (Å²) >= 11 is 12.6. The Morgan fingerprint density at radius 2 is 1.94 bits per heavy atom. The van der Waals surface area contributed by atoms with Crippen molar-refractivity contribution in [1.29, 1.82) is 5.26 Å². The molecule has 0 spiro atoms. The van der Waals surface area contributed by atoms with E-state index in [4.69, 9.17) is 27.9 Å². The molecule has 1 fully saturated rings. The van der Waals surface area contributed by atoms with E-state index >= 15 is 0 Å². The van der Waals surface area contributed by atoms with Crippen LogP contribution in [0.1, 0.15) is 17.5 Å². The van der Waals surface area contributed by atoms with Gasteiger partial charge >= 0.3 is 0 Å². The Bertz CT molecular complexity index is 1250. The molecular formula is C26H27Cl2N5O. The molecule has 0 amide bonds. The van der Waals surface area contributed by atoms with Crippen molar-refractivity contribution in [2.75, 3.05) is 52.2 Å². The molecule has 0 saturated carbocycles. The Kier molecular flexibility index (Phi) is 7.91. The average molecular weight is 496 g/mol. The molecule has 3 aromatic rings. The van der Waals surface area contributed by atoms with Crippen molar-refractivity contribution >= 4 is 51.6 Å². The maximum absolute atomic E-state index is 9.66. The van der Waals surface area contributed by atoms with Crippen LogP contribution in [-0.4, -0.2) is 61.7 Å². The number of likely N-dealkylation sites (N-methyl/N-ethyl adjacent to an activating group) is 1. The predicted octanol–water partition coefficient (Wildman–Crippen LogP) is 5.82. The van der Waals surface area contributed by atoms with Crippen LogP contribution < -0.4 is 10.1 Å². The molecule has 0 aliphatic carbocycles. The van der Waals surface area contributed by atoms with Crippen LogP contribution >= 0.6 is 23.2 Å². The van der Waals surface area contributed by atoms with E-state index in [-0.39, 0.29) is 0 Å². The number of pyridine rings is 1. The van der Waals surface area contributed by atoms with Gasteiger partial charge in [0.15, 0.2) is 0 Å². The normalized spacial score (nSPS) is 15.0. The minimum atomic E-state index is 0.419. The number of fused-ring (bicyclic) bond motifs is 1. The number of nitriles is 1. The number of halogens is 2. The fourth-order valence-electron chi connectivity index (χ4n) is 4.00. The van der Waals surface area contributed by atoms with Gasteiger partial charge in [0.05, 0.1) is 39.6 Å². The molecular weight excluding hydrogens is 469 g/mol. The van der Waals surface area contributed by atoms with E-state index < -0.39 is 0 Å². The minimum absolute atomic E-state index is 0.419. The Morgan fingerprint density at radius 1 is 1.15 bits per heavy atom. The number of methoxy groups -OCH3 is 1. The molecule has 0 radical (unpaired) electrons. The van der Waals surface area contributed by atoms with Crippen molar-refractivity contribution in [3.05, 3.63) is 63.8 Å². The van der Waals surface area contributed by atoms with Gasteiger partial charge in [-0.05, 0) is 31.2 Å². The topological polar surface area (TPSA) is 64.4 Å². The summed E-state index contributed by atoms with van der Waals surface area (Å²) in [4.78, 5) is 9.38.